The zero-order valence-corrected chi connectivity index (χ0v) is 14.3. The van der Waals surface area contributed by atoms with Gasteiger partial charge in [0.2, 0.25) is 5.82 Å². The fraction of sp³-hybridized carbons (Fsp3) is 0.400. The number of hydrogen-bond donors (Lipinski definition) is 3. The molecular formula is C15H20N4O5S. The maximum absolute atomic E-state index is 11.8. The number of aromatic nitrogens is 2. The molecule has 1 aromatic carbocycles. The summed E-state index contributed by atoms with van der Waals surface area (Å²) < 4.78 is 27.0. The van der Waals surface area contributed by atoms with Crippen LogP contribution in [0, 0.1) is 0 Å². The predicted molar refractivity (Wildman–Crippen MR) is 91.1 cm³/mol. The zero-order chi connectivity index (χ0) is 18.2. The van der Waals surface area contributed by atoms with Gasteiger partial charge >= 0.3 is 5.97 Å². The summed E-state index contributed by atoms with van der Waals surface area (Å²) in [5, 5.41) is 16.9. The molecule has 4 N–H and O–H groups in total. The Morgan fingerprint density at radius 3 is 2.60 bits per heavy atom. The van der Waals surface area contributed by atoms with Gasteiger partial charge in [0.05, 0.1) is 0 Å². The Morgan fingerprint density at radius 1 is 1.28 bits per heavy atom. The number of rotatable bonds is 10. The topological polar surface area (TPSA) is 143 Å². The van der Waals surface area contributed by atoms with Gasteiger partial charge in [0.1, 0.15) is 11.7 Å². The minimum atomic E-state index is -2.60. The van der Waals surface area contributed by atoms with Gasteiger partial charge in [-0.3, -0.25) is 4.55 Å². The maximum Gasteiger partial charge on any atom is 0.327 e. The lowest BCUT2D eigenvalue weighted by Gasteiger charge is -2.24. The third-order valence-corrected chi connectivity index (χ3v) is 4.39. The van der Waals surface area contributed by atoms with E-state index in [-0.39, 0.29) is 12.2 Å². The Morgan fingerprint density at radius 2 is 2.00 bits per heavy atom. The second-order valence-electron chi connectivity index (χ2n) is 5.39. The molecule has 0 radical (unpaired) electrons. The summed E-state index contributed by atoms with van der Waals surface area (Å²) in [6, 6.07) is 8.02. The molecule has 0 aliphatic rings. The van der Waals surface area contributed by atoms with E-state index in [0.29, 0.717) is 31.5 Å². The summed E-state index contributed by atoms with van der Waals surface area (Å²) >= 11 is -2.60. The Hall–Kier alpha value is -2.30. The smallest absolute Gasteiger partial charge is 0.327 e. The molecule has 2 aromatic rings. The highest BCUT2D eigenvalue weighted by atomic mass is 32.2. The van der Waals surface area contributed by atoms with Gasteiger partial charge in [-0.25, -0.2) is 17.9 Å². The van der Waals surface area contributed by atoms with Gasteiger partial charge in [-0.2, -0.15) is 0 Å². The lowest BCUT2D eigenvalue weighted by molar-refractivity contribution is -0.138. The zero-order valence-electron chi connectivity index (χ0n) is 13.4. The van der Waals surface area contributed by atoms with Crippen LogP contribution in [-0.2, 0) is 22.5 Å². The lowest BCUT2D eigenvalue weighted by Crippen LogP contribution is -2.43. The highest BCUT2D eigenvalue weighted by molar-refractivity contribution is 7.80. The molecule has 136 valence electrons. The Kier molecular flexibility index (Phi) is 7.04. The normalized spacial score (nSPS) is 13.4. The third kappa shape index (κ3) is 5.08. The predicted octanol–water partition coefficient (Wildman–Crippen LogP) is 1.19. The van der Waals surface area contributed by atoms with Crippen molar-refractivity contribution in [1.29, 1.82) is 0 Å². The number of carboxylic acid groups (broad SMARTS) is 1. The number of nitrogens with two attached hydrogens (primary N) is 1. The van der Waals surface area contributed by atoms with Crippen LogP contribution in [0.4, 0.5) is 5.82 Å². The van der Waals surface area contributed by atoms with Crippen molar-refractivity contribution in [3.05, 3.63) is 41.6 Å². The van der Waals surface area contributed by atoms with E-state index in [2.05, 4.69) is 10.3 Å². The molecule has 1 aromatic heterocycles. The molecule has 0 bridgehead atoms. The van der Waals surface area contributed by atoms with E-state index < -0.39 is 23.3 Å². The van der Waals surface area contributed by atoms with Crippen LogP contribution in [0.15, 0.2) is 35.0 Å². The summed E-state index contributed by atoms with van der Waals surface area (Å²) in [5.41, 5.74) is 6.60. The van der Waals surface area contributed by atoms with Crippen LogP contribution in [0.3, 0.4) is 0 Å². The van der Waals surface area contributed by atoms with Crippen molar-refractivity contribution < 1.29 is 23.3 Å². The van der Waals surface area contributed by atoms with Crippen LogP contribution in [0.1, 0.15) is 30.5 Å². The Bertz CT molecular complexity index is 709. The van der Waals surface area contributed by atoms with E-state index in [1.165, 1.54) is 0 Å². The first-order valence-corrected chi connectivity index (χ1v) is 8.79. The van der Waals surface area contributed by atoms with Crippen LogP contribution in [-0.4, -0.2) is 42.7 Å². The van der Waals surface area contributed by atoms with Gasteiger partial charge in [-0.05, 0) is 36.5 Å². The van der Waals surface area contributed by atoms with E-state index >= 15 is 0 Å². The number of carboxylic acids is 1. The number of anilines is 1. The molecule has 1 heterocycles. The molecule has 0 fully saturated rings. The second kappa shape index (κ2) is 9.25. The first-order chi connectivity index (χ1) is 12.0. The van der Waals surface area contributed by atoms with Crippen molar-refractivity contribution in [2.75, 3.05) is 10.8 Å². The average molecular weight is 368 g/mol. The highest BCUT2D eigenvalue weighted by Gasteiger charge is 2.34. The second-order valence-corrected chi connectivity index (χ2v) is 6.25. The summed E-state index contributed by atoms with van der Waals surface area (Å²) in [7, 11) is 0. The average Bonchev–Trinajstić information content (AvgIpc) is 3.02. The van der Waals surface area contributed by atoms with Crippen LogP contribution in [0.2, 0.25) is 0 Å². The number of carbonyl (C=O) groups is 1. The lowest BCUT2D eigenvalue weighted by atomic mass is 10.1. The van der Waals surface area contributed by atoms with Crippen molar-refractivity contribution in [3.63, 3.8) is 0 Å². The third-order valence-electron chi connectivity index (χ3n) is 3.63. The molecule has 2 unspecified atom stereocenters. The molecular weight excluding hydrogens is 348 g/mol. The van der Waals surface area contributed by atoms with Crippen molar-refractivity contribution >= 4 is 23.1 Å². The fourth-order valence-electron chi connectivity index (χ4n) is 2.42. The highest BCUT2D eigenvalue weighted by Crippen LogP contribution is 2.25. The number of unbranched alkanes of at least 4 members (excludes halogenated alkanes) is 1. The van der Waals surface area contributed by atoms with Crippen molar-refractivity contribution in [1.82, 2.24) is 10.3 Å². The van der Waals surface area contributed by atoms with Crippen LogP contribution >= 0.6 is 0 Å². The van der Waals surface area contributed by atoms with Gasteiger partial charge in [-0.1, -0.05) is 35.5 Å². The fourth-order valence-corrected chi connectivity index (χ4v) is 3.12. The van der Waals surface area contributed by atoms with Crippen LogP contribution in [0.5, 0.6) is 0 Å². The molecule has 0 spiro atoms. The Labute approximate surface area is 147 Å². The molecule has 0 aliphatic carbocycles. The van der Waals surface area contributed by atoms with Gasteiger partial charge in [-0.15, -0.1) is 0 Å². The standard InChI is InChI=1S/C15H20N4O5S/c16-9-5-4-8-13(15(20)21)19(25(22)23)14-12(17-24-18-14)10-11-6-2-1-3-7-11/h1-3,6-7,13H,4-5,8-10,16H2,(H,20,21)(H,22,23). The summed E-state index contributed by atoms with van der Waals surface area (Å²) in [6.45, 7) is 0.416. The van der Waals surface area contributed by atoms with E-state index in [1.54, 1.807) is 0 Å². The first-order valence-electron chi connectivity index (χ1n) is 7.73. The van der Waals surface area contributed by atoms with Crippen molar-refractivity contribution in [2.45, 2.75) is 31.7 Å². The number of aliphatic carboxylic acids is 1. The minimum absolute atomic E-state index is 0.0511. The van der Waals surface area contributed by atoms with E-state index in [4.69, 9.17) is 10.4 Å². The molecule has 0 saturated heterocycles. The Balaban J connectivity index is 2.29. The first kappa shape index (κ1) is 19.0. The summed E-state index contributed by atoms with van der Waals surface area (Å²) in [5.74, 6) is -1.28. The quantitative estimate of drug-likeness (QED) is 0.419. The number of hydrogen-bond acceptors (Lipinski definition) is 6. The van der Waals surface area contributed by atoms with Crippen LogP contribution in [0.25, 0.3) is 0 Å². The minimum Gasteiger partial charge on any atom is -0.480 e. The van der Waals surface area contributed by atoms with Gasteiger partial charge in [0, 0.05) is 6.42 Å². The molecule has 9 nitrogen and oxygen atoms in total. The maximum atomic E-state index is 11.8. The molecule has 2 atom stereocenters. The summed E-state index contributed by atoms with van der Waals surface area (Å²) in [4.78, 5) is 11.6. The molecule has 2 rings (SSSR count). The monoisotopic (exact) mass is 368 g/mol. The van der Waals surface area contributed by atoms with Crippen molar-refractivity contribution in [2.24, 2.45) is 5.73 Å². The molecule has 0 amide bonds. The molecule has 10 heteroatoms. The number of benzene rings is 1. The molecule has 25 heavy (non-hydrogen) atoms. The van der Waals surface area contributed by atoms with Gasteiger partial charge < -0.3 is 10.8 Å². The van der Waals surface area contributed by atoms with E-state index in [9.17, 15) is 18.7 Å². The molecule has 0 aliphatic heterocycles. The largest absolute Gasteiger partial charge is 0.480 e. The van der Waals surface area contributed by atoms with Gasteiger partial charge in [0.15, 0.2) is 0 Å². The van der Waals surface area contributed by atoms with Crippen molar-refractivity contribution in [3.8, 4) is 0 Å². The SMILES string of the molecule is NCCCCC(C(=O)O)N(c1nonc1Cc1ccccc1)S(=O)O. The van der Waals surface area contributed by atoms with E-state index in [0.717, 1.165) is 9.87 Å². The molecule has 0 saturated carbocycles. The summed E-state index contributed by atoms with van der Waals surface area (Å²) in [6.07, 6.45) is 1.56. The van der Waals surface area contributed by atoms with E-state index in [1.807, 2.05) is 30.3 Å². The van der Waals surface area contributed by atoms with Gasteiger partial charge in [0.25, 0.3) is 11.3 Å². The van der Waals surface area contributed by atoms with Crippen LogP contribution < -0.4 is 10.0 Å². The number of nitrogens with zero attached hydrogens (tertiary/aromatic N) is 3.